The van der Waals surface area contributed by atoms with Gasteiger partial charge in [0.1, 0.15) is 11.5 Å². The summed E-state index contributed by atoms with van der Waals surface area (Å²) in [6, 6.07) is 5.86. The first-order valence-corrected chi connectivity index (χ1v) is 5.67. The molecule has 0 amide bonds. The Labute approximate surface area is 113 Å². The van der Waals surface area contributed by atoms with Gasteiger partial charge in [-0.05, 0) is 29.8 Å². The Bertz CT molecular complexity index is 654. The molecule has 0 heterocycles. The smallest absolute Gasteiger partial charge is 0.200 e. The van der Waals surface area contributed by atoms with Gasteiger partial charge in [-0.3, -0.25) is 4.79 Å². The molecule has 104 valence electrons. The van der Waals surface area contributed by atoms with Crippen LogP contribution in [0, 0.1) is 0 Å². The zero-order chi connectivity index (χ0) is 14.9. The molecular weight excluding hydrogens is 264 g/mol. The third-order valence-electron chi connectivity index (χ3n) is 2.78. The number of carbonyl (C=O) groups excluding carboxylic acids is 1. The molecule has 0 aromatic heterocycles. The first-order valence-electron chi connectivity index (χ1n) is 5.67. The highest BCUT2D eigenvalue weighted by atomic mass is 16.3. The summed E-state index contributed by atoms with van der Waals surface area (Å²) in [5, 5.41) is 46.6. The van der Waals surface area contributed by atoms with Crippen molar-refractivity contribution in [2.24, 2.45) is 0 Å². The number of hydrogen-bond donors (Lipinski definition) is 5. The molecule has 0 unspecified atom stereocenters. The molecule has 2 aromatic carbocycles. The van der Waals surface area contributed by atoms with E-state index in [0.29, 0.717) is 0 Å². The third kappa shape index (κ3) is 2.59. The molecule has 6 heteroatoms. The van der Waals surface area contributed by atoms with E-state index in [1.807, 2.05) is 0 Å². The van der Waals surface area contributed by atoms with E-state index in [0.717, 1.165) is 18.2 Å². The monoisotopic (exact) mass is 276 g/mol. The van der Waals surface area contributed by atoms with Crippen LogP contribution in [0.5, 0.6) is 28.7 Å². The molecule has 0 radical (unpaired) electrons. The second-order valence-electron chi connectivity index (χ2n) is 4.28. The Morgan fingerprint density at radius 1 is 0.850 bits per heavy atom. The quantitative estimate of drug-likeness (QED) is 0.429. The summed E-state index contributed by atoms with van der Waals surface area (Å²) in [4.78, 5) is 12.0. The van der Waals surface area contributed by atoms with Gasteiger partial charge >= 0.3 is 0 Å². The van der Waals surface area contributed by atoms with Crippen LogP contribution in [0.2, 0.25) is 0 Å². The van der Waals surface area contributed by atoms with Crippen LogP contribution in [-0.2, 0) is 6.42 Å². The lowest BCUT2D eigenvalue weighted by Gasteiger charge is -2.07. The lowest BCUT2D eigenvalue weighted by atomic mass is 10.0. The highest BCUT2D eigenvalue weighted by Crippen LogP contribution is 2.36. The summed E-state index contributed by atoms with van der Waals surface area (Å²) < 4.78 is 0. The summed E-state index contributed by atoms with van der Waals surface area (Å²) in [7, 11) is 0. The molecule has 0 aliphatic rings. The molecule has 20 heavy (non-hydrogen) atoms. The number of ketones is 1. The topological polar surface area (TPSA) is 118 Å². The van der Waals surface area contributed by atoms with E-state index in [9.17, 15) is 25.2 Å². The van der Waals surface area contributed by atoms with Gasteiger partial charge in [0.25, 0.3) is 0 Å². The number of phenols is 5. The Morgan fingerprint density at radius 3 is 2.00 bits per heavy atom. The van der Waals surface area contributed by atoms with E-state index in [1.54, 1.807) is 0 Å². The largest absolute Gasteiger partial charge is 0.508 e. The van der Waals surface area contributed by atoms with Crippen molar-refractivity contribution in [2.45, 2.75) is 6.42 Å². The van der Waals surface area contributed by atoms with Crippen LogP contribution in [-0.4, -0.2) is 31.3 Å². The van der Waals surface area contributed by atoms with Crippen LogP contribution >= 0.6 is 0 Å². The summed E-state index contributed by atoms with van der Waals surface area (Å²) >= 11 is 0. The number of Topliss-reactive ketones (excluding diaryl/α,β-unsaturated/α-hetero) is 1. The SMILES string of the molecule is O=C(Cc1cc(O)c(O)c(O)c1)c1ccc(O)cc1O. The molecule has 0 spiro atoms. The molecule has 5 N–H and O–H groups in total. The van der Waals surface area contributed by atoms with E-state index >= 15 is 0 Å². The Hall–Kier alpha value is -2.89. The normalized spacial score (nSPS) is 10.4. The van der Waals surface area contributed by atoms with Crippen molar-refractivity contribution in [3.05, 3.63) is 41.5 Å². The van der Waals surface area contributed by atoms with E-state index in [2.05, 4.69) is 0 Å². The van der Waals surface area contributed by atoms with Crippen LogP contribution in [0.1, 0.15) is 15.9 Å². The minimum Gasteiger partial charge on any atom is -0.508 e. The van der Waals surface area contributed by atoms with Crippen molar-refractivity contribution in [2.75, 3.05) is 0 Å². The van der Waals surface area contributed by atoms with E-state index in [4.69, 9.17) is 5.11 Å². The molecule has 0 fully saturated rings. The highest BCUT2D eigenvalue weighted by molar-refractivity contribution is 6.00. The molecule has 2 aromatic rings. The second kappa shape index (κ2) is 5.00. The summed E-state index contributed by atoms with van der Waals surface area (Å²) in [5.41, 5.74) is 0.283. The number of carbonyl (C=O) groups is 1. The average Bonchev–Trinajstić information content (AvgIpc) is 2.35. The number of benzene rings is 2. The molecule has 6 nitrogen and oxygen atoms in total. The van der Waals surface area contributed by atoms with Gasteiger partial charge in [-0.15, -0.1) is 0 Å². The summed E-state index contributed by atoms with van der Waals surface area (Å²) in [5.74, 6) is -2.73. The van der Waals surface area contributed by atoms with Crippen LogP contribution in [0.3, 0.4) is 0 Å². The zero-order valence-corrected chi connectivity index (χ0v) is 10.2. The lowest BCUT2D eigenvalue weighted by Crippen LogP contribution is -2.03. The molecule has 0 aliphatic carbocycles. The van der Waals surface area contributed by atoms with E-state index in [1.165, 1.54) is 12.1 Å². The van der Waals surface area contributed by atoms with Crippen molar-refractivity contribution in [3.8, 4) is 28.7 Å². The number of phenolic OH excluding ortho intramolecular Hbond substituents is 5. The third-order valence-corrected chi connectivity index (χ3v) is 2.78. The summed E-state index contributed by atoms with van der Waals surface area (Å²) in [6.45, 7) is 0. The molecule has 0 saturated carbocycles. The van der Waals surface area contributed by atoms with Crippen molar-refractivity contribution in [3.63, 3.8) is 0 Å². The number of rotatable bonds is 3. The number of hydrogen-bond acceptors (Lipinski definition) is 6. The minimum atomic E-state index is -0.659. The van der Waals surface area contributed by atoms with Crippen molar-refractivity contribution < 1.29 is 30.3 Å². The van der Waals surface area contributed by atoms with Gasteiger partial charge in [-0.2, -0.15) is 0 Å². The Kier molecular flexibility index (Phi) is 3.39. The molecule has 2 rings (SSSR count). The molecule has 0 saturated heterocycles. The summed E-state index contributed by atoms with van der Waals surface area (Å²) in [6.07, 6.45) is -0.195. The lowest BCUT2D eigenvalue weighted by molar-refractivity contribution is 0.0990. The predicted octanol–water partition coefficient (Wildman–Crippen LogP) is 1.64. The van der Waals surface area contributed by atoms with Crippen molar-refractivity contribution in [1.82, 2.24) is 0 Å². The second-order valence-corrected chi connectivity index (χ2v) is 4.28. The van der Waals surface area contributed by atoms with Gasteiger partial charge in [-0.1, -0.05) is 0 Å². The maximum Gasteiger partial charge on any atom is 0.200 e. The van der Waals surface area contributed by atoms with E-state index < -0.39 is 23.0 Å². The zero-order valence-electron chi connectivity index (χ0n) is 10.2. The molecular formula is C14H12O6. The highest BCUT2D eigenvalue weighted by Gasteiger charge is 2.15. The predicted molar refractivity (Wildman–Crippen MR) is 69.2 cm³/mol. The molecule has 0 atom stereocenters. The van der Waals surface area contributed by atoms with Gasteiger partial charge in [0.2, 0.25) is 0 Å². The molecule has 0 bridgehead atoms. The van der Waals surface area contributed by atoms with Crippen LogP contribution in [0.25, 0.3) is 0 Å². The Morgan fingerprint density at radius 2 is 1.45 bits per heavy atom. The van der Waals surface area contributed by atoms with Gasteiger partial charge < -0.3 is 25.5 Å². The standard InChI is InChI=1S/C14H12O6/c15-8-1-2-9(11(17)6-8)10(16)3-7-4-12(18)14(20)13(19)5-7/h1-2,4-6,15,17-20H,3H2. The van der Waals surface area contributed by atoms with Crippen molar-refractivity contribution in [1.29, 1.82) is 0 Å². The average molecular weight is 276 g/mol. The van der Waals surface area contributed by atoms with Crippen LogP contribution in [0.15, 0.2) is 30.3 Å². The number of aromatic hydroxyl groups is 5. The van der Waals surface area contributed by atoms with Gasteiger partial charge in [0.05, 0.1) is 5.56 Å². The van der Waals surface area contributed by atoms with Crippen LogP contribution < -0.4 is 0 Å². The maximum absolute atomic E-state index is 12.0. The fourth-order valence-corrected chi connectivity index (χ4v) is 1.80. The first-order chi connectivity index (χ1) is 9.38. The minimum absolute atomic E-state index is 0.00912. The fraction of sp³-hybridized carbons (Fsp3) is 0.0714. The van der Waals surface area contributed by atoms with Gasteiger partial charge in [0.15, 0.2) is 23.0 Å². The van der Waals surface area contributed by atoms with Crippen LogP contribution in [0.4, 0.5) is 0 Å². The van der Waals surface area contributed by atoms with Crippen molar-refractivity contribution >= 4 is 5.78 Å². The van der Waals surface area contributed by atoms with E-state index in [-0.39, 0.29) is 29.0 Å². The fourth-order valence-electron chi connectivity index (χ4n) is 1.80. The molecule has 0 aliphatic heterocycles. The maximum atomic E-state index is 12.0. The first kappa shape index (κ1) is 13.5. The van der Waals surface area contributed by atoms with Gasteiger partial charge in [0, 0.05) is 12.5 Å². The van der Waals surface area contributed by atoms with Gasteiger partial charge in [-0.25, -0.2) is 0 Å². The Balaban J connectivity index is 2.28.